The maximum atomic E-state index is 13.6. The third-order valence-electron chi connectivity index (χ3n) is 6.37. The van der Waals surface area contributed by atoms with Crippen molar-refractivity contribution < 1.29 is 48.8 Å². The van der Waals surface area contributed by atoms with Gasteiger partial charge in [-0.1, -0.05) is 49.2 Å². The van der Waals surface area contributed by atoms with E-state index in [0.29, 0.717) is 24.9 Å². The molecule has 0 aromatic heterocycles. The highest BCUT2D eigenvalue weighted by Gasteiger charge is 2.29. The summed E-state index contributed by atoms with van der Waals surface area (Å²) in [5.74, 6) is -3.99. The van der Waals surface area contributed by atoms with Gasteiger partial charge in [0.15, 0.2) is 6.61 Å². The molecule has 0 aliphatic heterocycles. The van der Waals surface area contributed by atoms with Crippen molar-refractivity contribution in [3.63, 3.8) is 0 Å². The molecule has 2 rings (SSSR count). The van der Waals surface area contributed by atoms with Crippen LogP contribution in [-0.2, 0) is 32.0 Å². The van der Waals surface area contributed by atoms with Crippen molar-refractivity contribution in [3.05, 3.63) is 65.2 Å². The molecular formula is C32H43N3O10. The molecule has 0 heterocycles. The number of nitrogens with one attached hydrogen (secondary N) is 3. The molecule has 0 fully saturated rings. The SMILES string of the molecule is CC(C)(C)OC(=O)N[C@@H](Cc1ccccc1)C(=O)N[C@@H](Cc1ccc(OCC(=O)O)c(C(=O)O)c1)C(=O)NCCCCCCO. The first-order valence-corrected chi connectivity index (χ1v) is 14.7. The zero-order valence-corrected chi connectivity index (χ0v) is 25.8. The Labute approximate surface area is 262 Å². The molecule has 2 aromatic rings. The first-order valence-electron chi connectivity index (χ1n) is 14.7. The lowest BCUT2D eigenvalue weighted by Gasteiger charge is -2.25. The molecule has 0 spiro atoms. The van der Waals surface area contributed by atoms with Gasteiger partial charge in [0.25, 0.3) is 0 Å². The van der Waals surface area contributed by atoms with Gasteiger partial charge in [-0.15, -0.1) is 0 Å². The summed E-state index contributed by atoms with van der Waals surface area (Å²) in [4.78, 5) is 62.4. The first kappa shape index (κ1) is 36.5. The van der Waals surface area contributed by atoms with Gasteiger partial charge in [-0.3, -0.25) is 9.59 Å². The van der Waals surface area contributed by atoms with Gasteiger partial charge in [0.1, 0.15) is 29.0 Å². The second kappa shape index (κ2) is 18.2. The van der Waals surface area contributed by atoms with Crippen LogP contribution in [0.1, 0.15) is 67.9 Å². The highest BCUT2D eigenvalue weighted by atomic mass is 16.6. The van der Waals surface area contributed by atoms with Gasteiger partial charge in [0, 0.05) is 26.0 Å². The Balaban J connectivity index is 2.32. The number of benzene rings is 2. The van der Waals surface area contributed by atoms with Gasteiger partial charge < -0.3 is 40.7 Å². The lowest BCUT2D eigenvalue weighted by atomic mass is 10.0. The van der Waals surface area contributed by atoms with Crippen molar-refractivity contribution in [2.75, 3.05) is 19.8 Å². The number of carboxylic acids is 2. The smallest absolute Gasteiger partial charge is 0.408 e. The fourth-order valence-corrected chi connectivity index (χ4v) is 4.29. The Morgan fingerprint density at radius 2 is 1.44 bits per heavy atom. The number of aromatic carboxylic acids is 1. The van der Waals surface area contributed by atoms with E-state index < -0.39 is 54.1 Å². The molecule has 0 aliphatic carbocycles. The Hall–Kier alpha value is -4.65. The molecule has 45 heavy (non-hydrogen) atoms. The summed E-state index contributed by atoms with van der Waals surface area (Å²) in [5.41, 5.74) is -0.0184. The summed E-state index contributed by atoms with van der Waals surface area (Å²) in [6, 6.07) is 10.7. The number of alkyl carbamates (subject to hydrolysis) is 1. The molecule has 0 unspecified atom stereocenters. The van der Waals surface area contributed by atoms with Gasteiger partial charge in [0.2, 0.25) is 11.8 Å². The summed E-state index contributed by atoms with van der Waals surface area (Å²) < 4.78 is 10.4. The van der Waals surface area contributed by atoms with Crippen molar-refractivity contribution in [1.29, 1.82) is 0 Å². The third kappa shape index (κ3) is 14.1. The standard InChI is InChI=1S/C32H43N3O10/c1-32(2,3)45-31(43)35-25(18-21-11-7-6-8-12-21)29(40)34-24(28(39)33-15-9-4-5-10-16-36)19-22-13-14-26(44-20-27(37)38)23(17-22)30(41)42/h6-8,11-14,17,24-25,36H,4-5,9-10,15-16,18-20H2,1-3H3,(H,33,39)(H,34,40)(H,35,43)(H,37,38)(H,41,42)/t24-,25-/m0/s1. The molecule has 13 nitrogen and oxygen atoms in total. The number of unbranched alkanes of at least 4 members (excludes halogenated alkanes) is 3. The maximum absolute atomic E-state index is 13.6. The average Bonchev–Trinajstić information content (AvgIpc) is 2.96. The van der Waals surface area contributed by atoms with Crippen LogP contribution in [0, 0.1) is 0 Å². The minimum Gasteiger partial charge on any atom is -0.481 e. The molecule has 0 aliphatic rings. The second-order valence-electron chi connectivity index (χ2n) is 11.4. The number of carbonyl (C=O) groups is 5. The van der Waals surface area contributed by atoms with E-state index >= 15 is 0 Å². The lowest BCUT2D eigenvalue weighted by Crippen LogP contribution is -2.55. The van der Waals surface area contributed by atoms with Crippen molar-refractivity contribution in [2.24, 2.45) is 0 Å². The zero-order valence-electron chi connectivity index (χ0n) is 25.8. The van der Waals surface area contributed by atoms with Crippen molar-refractivity contribution in [2.45, 2.75) is 77.0 Å². The first-order chi connectivity index (χ1) is 21.3. The number of aliphatic hydroxyl groups excluding tert-OH is 1. The van der Waals surface area contributed by atoms with E-state index in [9.17, 15) is 29.1 Å². The summed E-state index contributed by atoms with van der Waals surface area (Å²) in [6.07, 6.45) is 2.02. The number of carbonyl (C=O) groups excluding carboxylic acids is 3. The quantitative estimate of drug-likeness (QED) is 0.133. The summed E-state index contributed by atoms with van der Waals surface area (Å²) in [7, 11) is 0. The number of ether oxygens (including phenoxy) is 2. The number of aliphatic carboxylic acids is 1. The summed E-state index contributed by atoms with van der Waals surface area (Å²) >= 11 is 0. The van der Waals surface area contributed by atoms with E-state index in [0.717, 1.165) is 18.4 Å². The molecule has 246 valence electrons. The van der Waals surface area contributed by atoms with Crippen molar-refractivity contribution >= 4 is 29.8 Å². The molecule has 0 saturated carbocycles. The fraction of sp³-hybridized carbons (Fsp3) is 0.469. The highest BCUT2D eigenvalue weighted by molar-refractivity contribution is 5.93. The Morgan fingerprint density at radius 1 is 0.800 bits per heavy atom. The topological polar surface area (TPSA) is 201 Å². The van der Waals surface area contributed by atoms with Crippen LogP contribution < -0.4 is 20.7 Å². The van der Waals surface area contributed by atoms with Crippen LogP contribution in [0.15, 0.2) is 48.5 Å². The number of hydrogen-bond acceptors (Lipinski definition) is 8. The monoisotopic (exact) mass is 629 g/mol. The second-order valence-corrected chi connectivity index (χ2v) is 11.4. The fourth-order valence-electron chi connectivity index (χ4n) is 4.29. The van der Waals surface area contributed by atoms with Crippen LogP contribution in [0.25, 0.3) is 0 Å². The number of aliphatic hydroxyl groups is 1. The predicted octanol–water partition coefficient (Wildman–Crippen LogP) is 2.68. The van der Waals surface area contributed by atoms with Crippen LogP contribution in [-0.4, -0.2) is 82.6 Å². The third-order valence-corrected chi connectivity index (χ3v) is 6.37. The van der Waals surface area contributed by atoms with Crippen LogP contribution in [0.5, 0.6) is 5.75 Å². The van der Waals surface area contributed by atoms with Crippen molar-refractivity contribution in [1.82, 2.24) is 16.0 Å². The molecule has 6 N–H and O–H groups in total. The largest absolute Gasteiger partial charge is 0.481 e. The van der Waals surface area contributed by atoms with Gasteiger partial charge >= 0.3 is 18.0 Å². The summed E-state index contributed by atoms with van der Waals surface area (Å²) in [5, 5.41) is 35.6. The Bertz CT molecular complexity index is 1290. The van der Waals surface area contributed by atoms with Gasteiger partial charge in [-0.25, -0.2) is 14.4 Å². The number of rotatable bonds is 18. The molecule has 2 aromatic carbocycles. The summed E-state index contributed by atoms with van der Waals surface area (Å²) in [6.45, 7) is 4.71. The van der Waals surface area contributed by atoms with Crippen LogP contribution in [0.4, 0.5) is 4.79 Å². The van der Waals surface area contributed by atoms with E-state index in [1.165, 1.54) is 18.2 Å². The van der Waals surface area contributed by atoms with Crippen LogP contribution in [0.2, 0.25) is 0 Å². The minimum absolute atomic E-state index is 0.0837. The molecule has 0 saturated heterocycles. The molecule has 13 heteroatoms. The van der Waals surface area contributed by atoms with Gasteiger partial charge in [0.05, 0.1) is 0 Å². The zero-order chi connectivity index (χ0) is 33.4. The van der Waals surface area contributed by atoms with Crippen molar-refractivity contribution in [3.8, 4) is 5.75 Å². The Morgan fingerprint density at radius 3 is 2.07 bits per heavy atom. The Kier molecular flexibility index (Phi) is 14.8. The minimum atomic E-state index is -1.37. The van der Waals surface area contributed by atoms with E-state index in [1.54, 1.807) is 45.0 Å². The van der Waals surface area contributed by atoms with E-state index in [4.69, 9.17) is 19.7 Å². The predicted molar refractivity (Wildman–Crippen MR) is 164 cm³/mol. The molecule has 2 atom stereocenters. The van der Waals surface area contributed by atoms with Crippen LogP contribution >= 0.6 is 0 Å². The molecular weight excluding hydrogens is 586 g/mol. The number of amides is 3. The lowest BCUT2D eigenvalue weighted by molar-refractivity contribution is -0.139. The van der Waals surface area contributed by atoms with E-state index in [1.807, 2.05) is 6.07 Å². The number of carboxylic acid groups (broad SMARTS) is 2. The normalized spacial score (nSPS) is 12.4. The van der Waals surface area contributed by atoms with E-state index in [-0.39, 0.29) is 30.8 Å². The van der Waals surface area contributed by atoms with Gasteiger partial charge in [-0.2, -0.15) is 0 Å². The molecule has 0 bridgehead atoms. The highest BCUT2D eigenvalue weighted by Crippen LogP contribution is 2.22. The number of hydrogen-bond donors (Lipinski definition) is 6. The molecule has 3 amide bonds. The van der Waals surface area contributed by atoms with Gasteiger partial charge in [-0.05, 0) is 56.9 Å². The average molecular weight is 630 g/mol. The molecule has 0 radical (unpaired) electrons. The van der Waals surface area contributed by atoms with E-state index in [2.05, 4.69) is 16.0 Å². The van der Waals surface area contributed by atoms with Crippen LogP contribution in [0.3, 0.4) is 0 Å². The maximum Gasteiger partial charge on any atom is 0.408 e.